The van der Waals surface area contributed by atoms with Gasteiger partial charge in [-0.1, -0.05) is 0 Å². The van der Waals surface area contributed by atoms with Crippen LogP contribution in [0.5, 0.6) is 0 Å². The summed E-state index contributed by atoms with van der Waals surface area (Å²) in [5, 5.41) is 17.2. The molecule has 0 saturated carbocycles. The standard InChI is InChI=1S/C5H6N2O3.ClH/c1-3-4(5(8)9)7(10)2-6-3;/h2,10H,1H3,(H,8,9);1H. The van der Waals surface area contributed by atoms with Crippen molar-refractivity contribution in [1.82, 2.24) is 9.71 Å². The molecule has 1 rings (SSSR count). The smallest absolute Gasteiger partial charge is 0.357 e. The van der Waals surface area contributed by atoms with Crippen LogP contribution in [0.3, 0.4) is 0 Å². The molecular formula is C5H7ClN2O3. The van der Waals surface area contributed by atoms with Gasteiger partial charge in [0.25, 0.3) is 0 Å². The Morgan fingerprint density at radius 2 is 2.27 bits per heavy atom. The van der Waals surface area contributed by atoms with Crippen molar-refractivity contribution in [2.24, 2.45) is 0 Å². The molecule has 0 radical (unpaired) electrons. The number of carbonyl (C=O) groups is 1. The lowest BCUT2D eigenvalue weighted by Crippen LogP contribution is -2.05. The van der Waals surface area contributed by atoms with Crippen LogP contribution in [0.4, 0.5) is 0 Å². The fourth-order valence-electron chi connectivity index (χ4n) is 0.679. The van der Waals surface area contributed by atoms with Crippen LogP contribution in [-0.2, 0) is 0 Å². The van der Waals surface area contributed by atoms with E-state index in [1.165, 1.54) is 6.92 Å². The van der Waals surface area contributed by atoms with Crippen LogP contribution >= 0.6 is 12.4 Å². The average Bonchev–Trinajstić information content (AvgIpc) is 2.11. The van der Waals surface area contributed by atoms with Gasteiger partial charge in [0.15, 0.2) is 5.69 Å². The molecule has 1 aromatic rings. The molecule has 2 N–H and O–H groups in total. The summed E-state index contributed by atoms with van der Waals surface area (Å²) in [6, 6.07) is 0. The number of carboxylic acids is 1. The third kappa shape index (κ3) is 1.62. The maximum atomic E-state index is 10.3. The normalized spacial score (nSPS) is 8.82. The van der Waals surface area contributed by atoms with Crippen LogP contribution in [0.25, 0.3) is 0 Å². The van der Waals surface area contributed by atoms with Crippen molar-refractivity contribution in [3.8, 4) is 0 Å². The molecule has 0 bridgehead atoms. The molecule has 0 unspecified atom stereocenters. The molecule has 0 fully saturated rings. The van der Waals surface area contributed by atoms with Gasteiger partial charge in [-0.15, -0.1) is 12.4 Å². The Kier molecular flexibility index (Phi) is 2.88. The fraction of sp³-hybridized carbons (Fsp3) is 0.200. The molecule has 11 heavy (non-hydrogen) atoms. The maximum absolute atomic E-state index is 10.3. The molecule has 0 spiro atoms. The van der Waals surface area contributed by atoms with Crippen LogP contribution in [0, 0.1) is 6.92 Å². The van der Waals surface area contributed by atoms with Crippen molar-refractivity contribution in [2.45, 2.75) is 6.92 Å². The van der Waals surface area contributed by atoms with Crippen LogP contribution in [0.15, 0.2) is 6.33 Å². The Morgan fingerprint density at radius 1 is 1.73 bits per heavy atom. The van der Waals surface area contributed by atoms with E-state index >= 15 is 0 Å². The van der Waals surface area contributed by atoms with E-state index in [1.807, 2.05) is 0 Å². The summed E-state index contributed by atoms with van der Waals surface area (Å²) in [4.78, 5) is 13.9. The summed E-state index contributed by atoms with van der Waals surface area (Å²) >= 11 is 0. The Hall–Kier alpha value is -1.23. The Labute approximate surface area is 68.7 Å². The van der Waals surface area contributed by atoms with Crippen LogP contribution in [0.2, 0.25) is 0 Å². The van der Waals surface area contributed by atoms with E-state index < -0.39 is 5.97 Å². The van der Waals surface area contributed by atoms with Gasteiger partial charge < -0.3 is 10.3 Å². The van der Waals surface area contributed by atoms with E-state index in [-0.39, 0.29) is 18.1 Å². The first kappa shape index (κ1) is 9.77. The predicted molar refractivity (Wildman–Crippen MR) is 38.4 cm³/mol. The molecule has 5 nitrogen and oxygen atoms in total. The fourth-order valence-corrected chi connectivity index (χ4v) is 0.679. The van der Waals surface area contributed by atoms with Gasteiger partial charge in [-0.3, -0.25) is 0 Å². The van der Waals surface area contributed by atoms with E-state index in [2.05, 4.69) is 4.98 Å². The average molecular weight is 179 g/mol. The first-order chi connectivity index (χ1) is 4.63. The molecule has 0 saturated heterocycles. The lowest BCUT2D eigenvalue weighted by Gasteiger charge is -1.92. The second-order valence-electron chi connectivity index (χ2n) is 1.83. The number of nitrogens with zero attached hydrogens (tertiary/aromatic N) is 2. The number of carboxylic acid groups (broad SMARTS) is 1. The Bertz CT molecular complexity index is 251. The monoisotopic (exact) mass is 178 g/mol. The molecule has 0 aliphatic heterocycles. The third-order valence-electron chi connectivity index (χ3n) is 1.14. The minimum atomic E-state index is -1.18. The zero-order chi connectivity index (χ0) is 7.72. The molecule has 1 heterocycles. The largest absolute Gasteiger partial charge is 0.476 e. The maximum Gasteiger partial charge on any atom is 0.357 e. The minimum Gasteiger partial charge on any atom is -0.476 e. The van der Waals surface area contributed by atoms with Gasteiger partial charge in [0.05, 0.1) is 5.69 Å². The first-order valence-electron chi connectivity index (χ1n) is 2.59. The quantitative estimate of drug-likeness (QED) is 0.616. The number of aromatic nitrogens is 2. The van der Waals surface area contributed by atoms with Crippen LogP contribution < -0.4 is 0 Å². The third-order valence-corrected chi connectivity index (χ3v) is 1.14. The Balaban J connectivity index is 0.000001000. The van der Waals surface area contributed by atoms with E-state index in [0.29, 0.717) is 10.4 Å². The molecule has 0 amide bonds. The van der Waals surface area contributed by atoms with Crippen molar-refractivity contribution in [3.63, 3.8) is 0 Å². The number of aromatic carboxylic acids is 1. The molecule has 0 aliphatic rings. The second kappa shape index (κ2) is 3.25. The van der Waals surface area contributed by atoms with E-state index in [1.54, 1.807) is 0 Å². The highest BCUT2D eigenvalue weighted by Gasteiger charge is 2.13. The molecular weight excluding hydrogens is 172 g/mol. The van der Waals surface area contributed by atoms with Gasteiger partial charge in [0.1, 0.15) is 6.33 Å². The molecule has 0 atom stereocenters. The van der Waals surface area contributed by atoms with Gasteiger partial charge in [-0.25, -0.2) is 9.78 Å². The number of aryl methyl sites for hydroxylation is 1. The summed E-state index contributed by atoms with van der Waals surface area (Å²) in [6.45, 7) is 1.51. The van der Waals surface area contributed by atoms with Crippen LogP contribution in [0.1, 0.15) is 16.2 Å². The van der Waals surface area contributed by atoms with Crippen molar-refractivity contribution >= 4 is 18.4 Å². The van der Waals surface area contributed by atoms with E-state index in [9.17, 15) is 4.79 Å². The zero-order valence-electron chi connectivity index (χ0n) is 5.68. The summed E-state index contributed by atoms with van der Waals surface area (Å²) in [5.41, 5.74) is 0.106. The van der Waals surface area contributed by atoms with Gasteiger partial charge in [0, 0.05) is 0 Å². The molecule has 1 aromatic heterocycles. The van der Waals surface area contributed by atoms with E-state index in [4.69, 9.17) is 10.3 Å². The number of halogens is 1. The SMILES string of the molecule is Cc1ncn(O)c1C(=O)O.Cl. The van der Waals surface area contributed by atoms with Crippen molar-refractivity contribution in [2.75, 3.05) is 0 Å². The molecule has 62 valence electrons. The second-order valence-corrected chi connectivity index (χ2v) is 1.83. The topological polar surface area (TPSA) is 75.3 Å². The van der Waals surface area contributed by atoms with Crippen molar-refractivity contribution in [1.29, 1.82) is 0 Å². The van der Waals surface area contributed by atoms with Crippen molar-refractivity contribution < 1.29 is 15.1 Å². The molecule has 6 heteroatoms. The number of rotatable bonds is 1. The summed E-state index contributed by atoms with van der Waals surface area (Å²) in [7, 11) is 0. The van der Waals surface area contributed by atoms with Crippen LogP contribution in [-0.4, -0.2) is 26.0 Å². The zero-order valence-corrected chi connectivity index (χ0v) is 6.50. The van der Waals surface area contributed by atoms with E-state index in [0.717, 1.165) is 6.33 Å². The van der Waals surface area contributed by atoms with Crippen molar-refractivity contribution in [3.05, 3.63) is 17.7 Å². The highest BCUT2D eigenvalue weighted by atomic mass is 35.5. The molecule has 0 aromatic carbocycles. The Morgan fingerprint density at radius 3 is 2.45 bits per heavy atom. The predicted octanol–water partition coefficient (Wildman–Crippen LogP) is 0.549. The van der Waals surface area contributed by atoms with Gasteiger partial charge in [-0.05, 0) is 6.92 Å². The first-order valence-corrected chi connectivity index (χ1v) is 2.59. The number of hydrogen-bond donors (Lipinski definition) is 2. The lowest BCUT2D eigenvalue weighted by molar-refractivity contribution is 0.0643. The lowest BCUT2D eigenvalue weighted by atomic mass is 10.3. The highest BCUT2D eigenvalue weighted by Crippen LogP contribution is 2.02. The van der Waals surface area contributed by atoms with Gasteiger partial charge in [-0.2, -0.15) is 4.73 Å². The minimum absolute atomic E-state index is 0. The number of hydrogen-bond acceptors (Lipinski definition) is 3. The number of imidazole rings is 1. The summed E-state index contributed by atoms with van der Waals surface area (Å²) in [6.07, 6.45) is 1.04. The highest BCUT2D eigenvalue weighted by molar-refractivity contribution is 5.86. The molecule has 0 aliphatic carbocycles. The van der Waals surface area contributed by atoms with Gasteiger partial charge >= 0.3 is 5.97 Å². The van der Waals surface area contributed by atoms with Gasteiger partial charge in [0.2, 0.25) is 0 Å². The summed E-state index contributed by atoms with van der Waals surface area (Å²) in [5.74, 6) is -1.18. The summed E-state index contributed by atoms with van der Waals surface area (Å²) < 4.78 is 0.484.